The van der Waals surface area contributed by atoms with Crippen LogP contribution in [0.25, 0.3) is 0 Å². The van der Waals surface area contributed by atoms with Gasteiger partial charge in [0, 0.05) is 36.5 Å². The summed E-state index contributed by atoms with van der Waals surface area (Å²) in [6, 6.07) is 7.35. The number of rotatable bonds is 6. The van der Waals surface area contributed by atoms with Crippen LogP contribution in [-0.2, 0) is 26.1 Å². The highest BCUT2D eigenvalue weighted by molar-refractivity contribution is 6.32. The number of methoxy groups -OCH3 is 4. The number of carbonyl (C=O) groups is 1. The lowest BCUT2D eigenvalue weighted by Crippen LogP contribution is -2.27. The molecule has 0 aliphatic heterocycles. The van der Waals surface area contributed by atoms with E-state index < -0.39 is 5.79 Å². The predicted molar refractivity (Wildman–Crippen MR) is 152 cm³/mol. The lowest BCUT2D eigenvalue weighted by atomic mass is 9.84. The van der Waals surface area contributed by atoms with Crippen molar-refractivity contribution in [2.24, 2.45) is 0 Å². The summed E-state index contributed by atoms with van der Waals surface area (Å²) in [4.78, 5) is 11.4. The standard InChI is InChI=1S/C15H23ClO3.C13H17ClO2.CH4/c1-14(2,3)11-8-10(15(4,18-6)19-7)9-12(16)13(11)17-5;1-8(15)9-6-10(13(2,3)4)12(16-5)11(14)7-9;/h8-9H,1-7H3;6-7H,1-5H3;1H4. The first-order valence-corrected chi connectivity index (χ1v) is 12.1. The zero-order chi connectivity index (χ0) is 27.4. The molecule has 0 aromatic heterocycles. The molecule has 0 spiro atoms. The molecule has 0 saturated heterocycles. The molecule has 2 aromatic carbocycles. The second kappa shape index (κ2) is 13.1. The van der Waals surface area contributed by atoms with Crippen molar-refractivity contribution in [3.8, 4) is 11.5 Å². The van der Waals surface area contributed by atoms with Crippen molar-refractivity contribution in [3.63, 3.8) is 0 Å². The van der Waals surface area contributed by atoms with Crippen LogP contribution < -0.4 is 9.47 Å². The highest BCUT2D eigenvalue weighted by Gasteiger charge is 2.30. The molecule has 5 nitrogen and oxygen atoms in total. The molecule has 0 bridgehead atoms. The Morgan fingerprint density at radius 1 is 0.694 bits per heavy atom. The summed E-state index contributed by atoms with van der Waals surface area (Å²) in [6.45, 7) is 15.9. The van der Waals surface area contributed by atoms with E-state index in [9.17, 15) is 4.79 Å². The van der Waals surface area contributed by atoms with E-state index in [0.717, 1.165) is 16.7 Å². The van der Waals surface area contributed by atoms with Crippen molar-refractivity contribution >= 4 is 29.0 Å². The maximum absolute atomic E-state index is 11.4. The molecule has 0 aliphatic carbocycles. The number of ketones is 1. The zero-order valence-electron chi connectivity index (χ0n) is 23.1. The molecule has 2 rings (SSSR count). The first kappa shape index (κ1) is 34.2. The van der Waals surface area contributed by atoms with Crippen molar-refractivity contribution in [2.75, 3.05) is 28.4 Å². The van der Waals surface area contributed by atoms with Gasteiger partial charge in [0.2, 0.25) is 0 Å². The molecular formula is C29H44Cl2O5. The van der Waals surface area contributed by atoms with Gasteiger partial charge in [-0.25, -0.2) is 0 Å². The Bertz CT molecular complexity index is 1030. The summed E-state index contributed by atoms with van der Waals surface area (Å²) in [5.41, 5.74) is 3.27. The summed E-state index contributed by atoms with van der Waals surface area (Å²) in [5, 5.41) is 1.05. The Balaban J connectivity index is 0.000000671. The minimum atomic E-state index is -0.824. The molecule has 0 radical (unpaired) electrons. The number of halogens is 2. The summed E-state index contributed by atoms with van der Waals surface area (Å²) in [6.07, 6.45) is 0. The van der Waals surface area contributed by atoms with Gasteiger partial charge in [0.05, 0.1) is 24.3 Å². The number of ether oxygens (including phenoxy) is 4. The van der Waals surface area contributed by atoms with Crippen molar-refractivity contribution in [2.45, 2.75) is 79.4 Å². The Hall–Kier alpha value is -1.79. The third kappa shape index (κ3) is 8.11. The maximum Gasteiger partial charge on any atom is 0.191 e. The van der Waals surface area contributed by atoms with Gasteiger partial charge in [0.15, 0.2) is 11.6 Å². The fourth-order valence-electron chi connectivity index (χ4n) is 3.50. The fraction of sp³-hybridized carbons (Fsp3) is 0.552. The Labute approximate surface area is 228 Å². The number of hydrogen-bond acceptors (Lipinski definition) is 5. The molecule has 0 amide bonds. The molecule has 0 saturated carbocycles. The average molecular weight is 544 g/mol. The minimum Gasteiger partial charge on any atom is -0.495 e. The van der Waals surface area contributed by atoms with Gasteiger partial charge in [-0.1, -0.05) is 72.2 Å². The monoisotopic (exact) mass is 542 g/mol. The lowest BCUT2D eigenvalue weighted by Gasteiger charge is -2.30. The quantitative estimate of drug-likeness (QED) is 0.270. The SMILES string of the molecule is C.COc1c(Cl)cc(C(C)(OC)OC)cc1C(C)(C)C.COc1c(Cl)cc(C(C)=O)cc1C(C)(C)C. The largest absolute Gasteiger partial charge is 0.495 e. The fourth-order valence-corrected chi connectivity index (χ4v) is 4.09. The minimum absolute atomic E-state index is 0. The van der Waals surface area contributed by atoms with Gasteiger partial charge >= 0.3 is 0 Å². The summed E-state index contributed by atoms with van der Waals surface area (Å²) >= 11 is 12.4. The summed E-state index contributed by atoms with van der Waals surface area (Å²) in [5.74, 6) is 0.539. The van der Waals surface area contributed by atoms with Gasteiger partial charge in [0.1, 0.15) is 11.5 Å². The van der Waals surface area contributed by atoms with Crippen molar-refractivity contribution in [1.82, 2.24) is 0 Å². The Morgan fingerprint density at radius 3 is 1.42 bits per heavy atom. The van der Waals surface area contributed by atoms with Gasteiger partial charge in [-0.2, -0.15) is 0 Å². The first-order chi connectivity index (χ1) is 16.0. The zero-order valence-corrected chi connectivity index (χ0v) is 24.6. The molecule has 2 aromatic rings. The van der Waals surface area contributed by atoms with Gasteiger partial charge in [-0.15, -0.1) is 0 Å². The topological polar surface area (TPSA) is 54.0 Å². The molecule has 0 N–H and O–H groups in total. The summed E-state index contributed by atoms with van der Waals surface area (Å²) < 4.78 is 21.6. The second-order valence-electron chi connectivity index (χ2n) is 10.5. The van der Waals surface area contributed by atoms with Crippen LogP contribution in [0.5, 0.6) is 11.5 Å². The molecule has 0 unspecified atom stereocenters. The maximum atomic E-state index is 11.4. The summed E-state index contributed by atoms with van der Waals surface area (Å²) in [7, 11) is 6.43. The van der Waals surface area contributed by atoms with Crippen LogP contribution in [-0.4, -0.2) is 34.2 Å². The van der Waals surface area contributed by atoms with Crippen LogP contribution in [0, 0.1) is 0 Å². The highest BCUT2D eigenvalue weighted by atomic mass is 35.5. The van der Waals surface area contributed by atoms with E-state index in [1.807, 2.05) is 25.1 Å². The molecule has 0 heterocycles. The van der Waals surface area contributed by atoms with Crippen molar-refractivity contribution < 1.29 is 23.7 Å². The Kier molecular flexibility index (Phi) is 12.5. The van der Waals surface area contributed by atoms with E-state index in [-0.39, 0.29) is 24.0 Å². The van der Waals surface area contributed by atoms with E-state index in [1.165, 1.54) is 6.92 Å². The second-order valence-corrected chi connectivity index (χ2v) is 11.3. The van der Waals surface area contributed by atoms with E-state index in [0.29, 0.717) is 27.1 Å². The van der Waals surface area contributed by atoms with Gasteiger partial charge in [0.25, 0.3) is 0 Å². The van der Waals surface area contributed by atoms with E-state index >= 15 is 0 Å². The molecule has 7 heteroatoms. The number of carbonyl (C=O) groups excluding carboxylic acids is 1. The van der Waals surface area contributed by atoms with Crippen LogP contribution in [0.15, 0.2) is 24.3 Å². The van der Waals surface area contributed by atoms with Crippen molar-refractivity contribution in [3.05, 3.63) is 56.6 Å². The van der Waals surface area contributed by atoms with Crippen LogP contribution in [0.4, 0.5) is 0 Å². The van der Waals surface area contributed by atoms with E-state index in [2.05, 4.69) is 41.5 Å². The van der Waals surface area contributed by atoms with Crippen LogP contribution in [0.2, 0.25) is 10.0 Å². The van der Waals surface area contributed by atoms with Gasteiger partial charge in [-0.05, 0) is 48.9 Å². The van der Waals surface area contributed by atoms with E-state index in [4.69, 9.17) is 42.1 Å². The smallest absolute Gasteiger partial charge is 0.191 e. The average Bonchev–Trinajstić information content (AvgIpc) is 2.76. The lowest BCUT2D eigenvalue weighted by molar-refractivity contribution is -0.201. The third-order valence-corrected chi connectivity index (χ3v) is 6.38. The highest BCUT2D eigenvalue weighted by Crippen LogP contribution is 2.41. The first-order valence-electron chi connectivity index (χ1n) is 11.3. The number of benzene rings is 2. The van der Waals surface area contributed by atoms with Gasteiger partial charge < -0.3 is 18.9 Å². The van der Waals surface area contributed by atoms with Crippen LogP contribution >= 0.6 is 23.2 Å². The molecule has 0 atom stereocenters. The normalized spacial score (nSPS) is 11.7. The molecule has 0 fully saturated rings. The van der Waals surface area contributed by atoms with Crippen LogP contribution in [0.3, 0.4) is 0 Å². The van der Waals surface area contributed by atoms with Crippen LogP contribution in [0.1, 0.15) is 89.9 Å². The number of Topliss-reactive ketones (excluding diaryl/α,β-unsaturated/α-hetero) is 1. The predicted octanol–water partition coefficient (Wildman–Crippen LogP) is 8.60. The van der Waals surface area contributed by atoms with E-state index in [1.54, 1.807) is 34.5 Å². The molecular weight excluding hydrogens is 499 g/mol. The number of hydrogen-bond donors (Lipinski definition) is 0. The molecule has 36 heavy (non-hydrogen) atoms. The Morgan fingerprint density at radius 2 is 1.08 bits per heavy atom. The van der Waals surface area contributed by atoms with Crippen molar-refractivity contribution in [1.29, 1.82) is 0 Å². The molecule has 204 valence electrons. The third-order valence-electron chi connectivity index (χ3n) is 5.82. The molecule has 0 aliphatic rings. The van der Waals surface area contributed by atoms with Gasteiger partial charge in [-0.3, -0.25) is 4.79 Å².